The summed E-state index contributed by atoms with van der Waals surface area (Å²) in [7, 11) is 0. The number of para-hydroxylation sites is 2. The summed E-state index contributed by atoms with van der Waals surface area (Å²) in [5, 5.41) is 10.4. The molecule has 0 saturated carbocycles. The second kappa shape index (κ2) is 16.0. The Morgan fingerprint density at radius 3 is 1.55 bits per heavy atom. The predicted octanol–water partition coefficient (Wildman–Crippen LogP) is 10.8. The van der Waals surface area contributed by atoms with Gasteiger partial charge < -0.3 is 19.6 Å². The quantitative estimate of drug-likeness (QED) is 0.192. The number of carbonyl (C=O) groups is 2. The van der Waals surface area contributed by atoms with Crippen LogP contribution in [0.1, 0.15) is 26.3 Å². The van der Waals surface area contributed by atoms with Gasteiger partial charge in [0.1, 0.15) is 6.61 Å². The molecule has 0 spiro atoms. The van der Waals surface area contributed by atoms with Crippen molar-refractivity contribution in [3.8, 4) is 11.5 Å². The van der Waals surface area contributed by atoms with Gasteiger partial charge in [-0.05, 0) is 54.1 Å². The number of anilines is 2. The van der Waals surface area contributed by atoms with Crippen molar-refractivity contribution >= 4 is 93.1 Å². The molecule has 0 unspecified atom stereocenters. The third-order valence-electron chi connectivity index (χ3n) is 7.68. The van der Waals surface area contributed by atoms with E-state index < -0.39 is 0 Å². The van der Waals surface area contributed by atoms with Gasteiger partial charge in [0.25, 0.3) is 11.8 Å². The molecule has 2 aliphatic rings. The van der Waals surface area contributed by atoms with Crippen LogP contribution in [0.15, 0.2) is 113 Å². The van der Waals surface area contributed by atoms with E-state index in [1.54, 1.807) is 45.5 Å². The van der Waals surface area contributed by atoms with E-state index in [-0.39, 0.29) is 27.6 Å². The summed E-state index contributed by atoms with van der Waals surface area (Å²) < 4.78 is 5.80. The zero-order valence-electron chi connectivity index (χ0n) is 25.7. The van der Waals surface area contributed by atoms with Crippen molar-refractivity contribution in [1.29, 1.82) is 0 Å². The van der Waals surface area contributed by atoms with Crippen molar-refractivity contribution in [1.82, 2.24) is 0 Å². The molecule has 1 N–H and O–H groups in total. The molecule has 12 heteroatoms. The minimum atomic E-state index is -0.204. The van der Waals surface area contributed by atoms with E-state index in [4.69, 9.17) is 51.1 Å². The van der Waals surface area contributed by atoms with E-state index in [0.717, 1.165) is 38.2 Å². The van der Waals surface area contributed by atoms with E-state index >= 15 is 0 Å². The highest BCUT2D eigenvalue weighted by Gasteiger charge is 2.26. The maximum Gasteiger partial charge on any atom is 0.258 e. The molecule has 0 radical (unpaired) electrons. The average Bonchev–Trinajstić information content (AvgIpc) is 3.13. The van der Waals surface area contributed by atoms with Crippen LogP contribution < -0.4 is 14.5 Å². The molecule has 7 rings (SSSR count). The van der Waals surface area contributed by atoms with Crippen LogP contribution in [0.3, 0.4) is 0 Å². The number of rotatable bonds is 5. The van der Waals surface area contributed by atoms with Gasteiger partial charge in [-0.25, -0.2) is 0 Å². The normalized spacial score (nSPS) is 13.5. The number of phenolic OH excluding ortho intramolecular Hbond substituents is 1. The maximum atomic E-state index is 13.1. The number of ether oxygens (including phenoxy) is 1. The SMILES string of the molecule is O=C(c1cc(Cl)c(O)c(Cl)c1)N1CCSc2ccccc21.O=C(c1cc(Cl)c(OCc2ccccc2)c(Cl)c1)N1CCSc2ccccc21. The number of carbonyl (C=O) groups excluding carboxylic acids is 2. The van der Waals surface area contributed by atoms with Gasteiger partial charge in [-0.1, -0.05) is 101 Å². The van der Waals surface area contributed by atoms with Gasteiger partial charge in [-0.3, -0.25) is 9.59 Å². The van der Waals surface area contributed by atoms with Crippen LogP contribution >= 0.6 is 69.9 Å². The molecular weight excluding hydrogens is 742 g/mol. The fourth-order valence-corrected chi connectivity index (χ4v) is 8.39. The Labute approximate surface area is 312 Å². The second-order valence-electron chi connectivity index (χ2n) is 10.9. The van der Waals surface area contributed by atoms with Gasteiger partial charge in [0, 0.05) is 45.5 Å². The number of hydrogen-bond donors (Lipinski definition) is 1. The number of thioether (sulfide) groups is 2. The number of aromatic hydroxyl groups is 1. The molecule has 2 aliphatic heterocycles. The number of hydrogen-bond acceptors (Lipinski definition) is 6. The van der Waals surface area contributed by atoms with Gasteiger partial charge in [0.15, 0.2) is 11.5 Å². The lowest BCUT2D eigenvalue weighted by Gasteiger charge is -2.29. The summed E-state index contributed by atoms with van der Waals surface area (Å²) >= 11 is 28.1. The monoisotopic (exact) mass is 768 g/mol. The summed E-state index contributed by atoms with van der Waals surface area (Å²) in [6.45, 7) is 1.61. The third-order valence-corrected chi connectivity index (χ3v) is 10.9. The van der Waals surface area contributed by atoms with Crippen LogP contribution in [0, 0.1) is 0 Å². The van der Waals surface area contributed by atoms with E-state index in [0.29, 0.717) is 46.6 Å². The molecular formula is C37H28Cl4N2O4S2. The Bertz CT molecular complexity index is 1970. The predicted molar refractivity (Wildman–Crippen MR) is 203 cm³/mol. The zero-order valence-corrected chi connectivity index (χ0v) is 30.4. The first-order chi connectivity index (χ1) is 23.7. The summed E-state index contributed by atoms with van der Waals surface area (Å²) in [6.07, 6.45) is 0. The van der Waals surface area contributed by atoms with Gasteiger partial charge in [-0.2, -0.15) is 0 Å². The van der Waals surface area contributed by atoms with Gasteiger partial charge in [0.2, 0.25) is 0 Å². The number of benzene rings is 5. The zero-order chi connectivity index (χ0) is 34.5. The maximum absolute atomic E-state index is 13.1. The lowest BCUT2D eigenvalue weighted by atomic mass is 10.1. The summed E-state index contributed by atoms with van der Waals surface area (Å²) in [6, 6.07) is 31.6. The topological polar surface area (TPSA) is 70.1 Å². The van der Waals surface area contributed by atoms with Crippen LogP contribution in [0.5, 0.6) is 11.5 Å². The standard InChI is InChI=1S/C22H17Cl2NO2S.C15H11Cl2NO2S/c23-17-12-16(13-18(24)21(17)27-14-15-6-2-1-3-7-15)22(26)25-10-11-28-20-9-5-4-8-19(20)25;16-10-7-9(8-11(17)14(10)19)15(20)18-5-6-21-13-4-2-1-3-12(13)18/h1-9,12-13H,10-11,14H2;1-4,7-8,19H,5-6H2. The number of amides is 2. The summed E-state index contributed by atoms with van der Waals surface area (Å²) in [4.78, 5) is 31.5. The molecule has 5 aromatic carbocycles. The van der Waals surface area contributed by atoms with E-state index in [9.17, 15) is 14.7 Å². The van der Waals surface area contributed by atoms with E-state index in [2.05, 4.69) is 0 Å². The lowest BCUT2D eigenvalue weighted by molar-refractivity contribution is 0.0980. The molecule has 49 heavy (non-hydrogen) atoms. The molecule has 6 nitrogen and oxygen atoms in total. The van der Waals surface area contributed by atoms with Crippen molar-refractivity contribution < 1.29 is 19.4 Å². The minimum absolute atomic E-state index is 0.0746. The fraction of sp³-hybridized carbons (Fsp3) is 0.135. The number of fused-ring (bicyclic) bond motifs is 2. The Morgan fingerprint density at radius 2 is 1.06 bits per heavy atom. The van der Waals surface area contributed by atoms with Crippen LogP contribution in [-0.2, 0) is 6.61 Å². The van der Waals surface area contributed by atoms with Gasteiger partial charge in [0.05, 0.1) is 31.5 Å². The molecule has 0 fully saturated rings. The molecule has 5 aromatic rings. The van der Waals surface area contributed by atoms with Crippen molar-refractivity contribution in [3.05, 3.63) is 140 Å². The second-order valence-corrected chi connectivity index (χ2v) is 14.8. The Balaban J connectivity index is 0.000000177. The third kappa shape index (κ3) is 8.12. The number of halogens is 4. The highest BCUT2D eigenvalue weighted by Crippen LogP contribution is 2.39. The Hall–Kier alpha value is -3.50. The minimum Gasteiger partial charge on any atom is -0.505 e. The number of phenols is 1. The smallest absolute Gasteiger partial charge is 0.258 e. The molecule has 0 atom stereocenters. The number of nitrogens with zero attached hydrogens (tertiary/aromatic N) is 2. The molecule has 0 aromatic heterocycles. The first-order valence-corrected chi connectivity index (χ1v) is 18.6. The lowest BCUT2D eigenvalue weighted by Crippen LogP contribution is -2.35. The molecule has 0 bridgehead atoms. The molecule has 2 amide bonds. The van der Waals surface area contributed by atoms with Crippen molar-refractivity contribution in [2.24, 2.45) is 0 Å². The van der Waals surface area contributed by atoms with Crippen molar-refractivity contribution in [3.63, 3.8) is 0 Å². The molecule has 0 saturated heterocycles. The van der Waals surface area contributed by atoms with Crippen molar-refractivity contribution in [2.75, 3.05) is 34.4 Å². The van der Waals surface area contributed by atoms with Gasteiger partial charge >= 0.3 is 0 Å². The first-order valence-electron chi connectivity index (χ1n) is 15.1. The molecule has 2 heterocycles. The highest BCUT2D eigenvalue weighted by atomic mass is 35.5. The average molecular weight is 771 g/mol. The Morgan fingerprint density at radius 1 is 0.633 bits per heavy atom. The summed E-state index contributed by atoms with van der Waals surface area (Å²) in [5.74, 6) is 1.57. The molecule has 250 valence electrons. The van der Waals surface area contributed by atoms with Crippen LogP contribution in [-0.4, -0.2) is 41.5 Å². The van der Waals surface area contributed by atoms with Crippen LogP contribution in [0.25, 0.3) is 0 Å². The van der Waals surface area contributed by atoms with Crippen LogP contribution in [0.4, 0.5) is 11.4 Å². The van der Waals surface area contributed by atoms with Crippen LogP contribution in [0.2, 0.25) is 20.1 Å². The van der Waals surface area contributed by atoms with E-state index in [1.807, 2.05) is 78.9 Å². The highest BCUT2D eigenvalue weighted by molar-refractivity contribution is 7.99. The van der Waals surface area contributed by atoms with E-state index in [1.165, 1.54) is 12.1 Å². The molecule has 0 aliphatic carbocycles. The first kappa shape index (κ1) is 35.3. The Kier molecular flexibility index (Phi) is 11.6. The largest absolute Gasteiger partial charge is 0.505 e. The fourth-order valence-electron chi connectivity index (χ4n) is 5.31. The van der Waals surface area contributed by atoms with Gasteiger partial charge in [-0.15, -0.1) is 23.5 Å². The van der Waals surface area contributed by atoms with Crippen molar-refractivity contribution in [2.45, 2.75) is 16.4 Å². The summed E-state index contributed by atoms with van der Waals surface area (Å²) in [5.41, 5.74) is 3.63.